The zero-order valence-corrected chi connectivity index (χ0v) is 16.0. The molecule has 0 aliphatic rings. The Balaban J connectivity index is 1.92. The minimum absolute atomic E-state index is 0.111. The van der Waals surface area contributed by atoms with Crippen LogP contribution < -0.4 is 14.8 Å². The van der Waals surface area contributed by atoms with Gasteiger partial charge in [0.25, 0.3) is 0 Å². The Hall–Kier alpha value is -2.92. The molecule has 0 aliphatic heterocycles. The number of amides is 1. The van der Waals surface area contributed by atoms with E-state index in [1.807, 2.05) is 0 Å². The molecule has 2 rings (SSSR count). The van der Waals surface area contributed by atoms with Crippen LogP contribution in [0.1, 0.15) is 12.5 Å². The predicted octanol–water partition coefficient (Wildman–Crippen LogP) is 2.97. The van der Waals surface area contributed by atoms with Crippen LogP contribution in [0.3, 0.4) is 0 Å². The third kappa shape index (κ3) is 7.54. The smallest absolute Gasteiger partial charge is 0.422 e. The number of benzene rings is 1. The minimum Gasteiger partial charge on any atom is -0.468 e. The summed E-state index contributed by atoms with van der Waals surface area (Å²) in [5.41, 5.74) is 0.871. The van der Waals surface area contributed by atoms with Crippen LogP contribution in [0.5, 0.6) is 5.88 Å². The molecule has 0 atom stereocenters. The van der Waals surface area contributed by atoms with Crippen molar-refractivity contribution in [3.8, 4) is 5.88 Å². The Labute approximate surface area is 165 Å². The molecule has 0 spiro atoms. The van der Waals surface area contributed by atoms with Crippen LogP contribution in [0.2, 0.25) is 0 Å². The normalized spacial score (nSPS) is 12.1. The Kier molecular flexibility index (Phi) is 7.35. The van der Waals surface area contributed by atoms with E-state index in [2.05, 4.69) is 19.8 Å². The van der Waals surface area contributed by atoms with Crippen molar-refractivity contribution in [1.82, 2.24) is 9.71 Å². The molecule has 156 valence electrons. The lowest BCUT2D eigenvalue weighted by Gasteiger charge is -2.08. The summed E-state index contributed by atoms with van der Waals surface area (Å²) in [6.07, 6.45) is -0.596. The average molecular weight is 429 g/mol. The van der Waals surface area contributed by atoms with Crippen LogP contribution in [-0.2, 0) is 14.8 Å². The van der Waals surface area contributed by atoms with E-state index in [4.69, 9.17) is 0 Å². The second-order valence-corrected chi connectivity index (χ2v) is 7.45. The first kappa shape index (κ1) is 22.4. The first-order valence-corrected chi connectivity index (χ1v) is 9.82. The van der Waals surface area contributed by atoms with Gasteiger partial charge >= 0.3 is 6.18 Å². The van der Waals surface area contributed by atoms with E-state index < -0.39 is 28.7 Å². The number of anilines is 1. The summed E-state index contributed by atoms with van der Waals surface area (Å²) in [5, 5.41) is 2.49. The SMILES string of the molecule is CCNS(=O)(=O)c1ccc(/C=C/C(=O)Nc2ccc(OCC(F)(F)F)nc2)cc1. The third-order valence-corrected chi connectivity index (χ3v) is 4.90. The van der Waals surface area contributed by atoms with Crippen LogP contribution in [0, 0.1) is 0 Å². The second kappa shape index (κ2) is 9.52. The Morgan fingerprint density at radius 1 is 1.17 bits per heavy atom. The summed E-state index contributed by atoms with van der Waals surface area (Å²) in [6.45, 7) is 0.489. The Bertz CT molecular complexity index is 957. The standard InChI is InChI=1S/C18H18F3N3O4S/c1-2-23-29(26,27)15-7-3-13(4-8-15)5-9-16(25)24-14-6-10-17(22-11-14)28-12-18(19,20)21/h3-11,23H,2,12H2,1H3,(H,24,25)/b9-5+. The molecule has 29 heavy (non-hydrogen) atoms. The molecule has 0 saturated heterocycles. The molecule has 0 aliphatic carbocycles. The van der Waals surface area contributed by atoms with E-state index in [0.29, 0.717) is 5.56 Å². The highest BCUT2D eigenvalue weighted by Gasteiger charge is 2.28. The second-order valence-electron chi connectivity index (χ2n) is 5.68. The van der Waals surface area contributed by atoms with Crippen molar-refractivity contribution in [2.45, 2.75) is 18.0 Å². The van der Waals surface area contributed by atoms with Gasteiger partial charge in [-0.1, -0.05) is 19.1 Å². The molecule has 0 unspecified atom stereocenters. The van der Waals surface area contributed by atoms with E-state index in [0.717, 1.165) is 6.20 Å². The first-order chi connectivity index (χ1) is 13.6. The Morgan fingerprint density at radius 3 is 2.41 bits per heavy atom. The molecule has 1 aromatic carbocycles. The number of alkyl halides is 3. The number of carbonyl (C=O) groups is 1. The monoisotopic (exact) mass is 429 g/mol. The molecule has 0 bridgehead atoms. The molecule has 7 nitrogen and oxygen atoms in total. The number of halogens is 3. The van der Waals surface area contributed by atoms with Crippen molar-refractivity contribution < 1.29 is 31.1 Å². The number of sulfonamides is 1. The quantitative estimate of drug-likeness (QED) is 0.629. The van der Waals surface area contributed by atoms with Crippen LogP contribution >= 0.6 is 0 Å². The lowest BCUT2D eigenvalue weighted by molar-refractivity contribution is -0.154. The lowest BCUT2D eigenvalue weighted by atomic mass is 10.2. The fourth-order valence-electron chi connectivity index (χ4n) is 2.08. The summed E-state index contributed by atoms with van der Waals surface area (Å²) in [7, 11) is -3.55. The maximum absolute atomic E-state index is 12.1. The van der Waals surface area contributed by atoms with Crippen molar-refractivity contribution >= 4 is 27.7 Å². The molecule has 11 heteroatoms. The van der Waals surface area contributed by atoms with Crippen molar-refractivity contribution in [1.29, 1.82) is 0 Å². The van der Waals surface area contributed by atoms with Gasteiger partial charge in [-0.3, -0.25) is 4.79 Å². The summed E-state index contributed by atoms with van der Waals surface area (Å²) in [6, 6.07) is 8.47. The molecule has 2 aromatic rings. The molecular formula is C18H18F3N3O4S. The number of pyridine rings is 1. The molecule has 0 radical (unpaired) electrons. The van der Waals surface area contributed by atoms with E-state index >= 15 is 0 Å². The highest BCUT2D eigenvalue weighted by atomic mass is 32.2. The van der Waals surface area contributed by atoms with Gasteiger partial charge in [-0.05, 0) is 29.8 Å². The molecule has 1 heterocycles. The zero-order chi connectivity index (χ0) is 21.5. The summed E-state index contributed by atoms with van der Waals surface area (Å²) in [5.74, 6) is -0.719. The maximum atomic E-state index is 12.1. The van der Waals surface area contributed by atoms with Gasteiger partial charge in [-0.15, -0.1) is 0 Å². The average Bonchev–Trinajstić information content (AvgIpc) is 2.65. The molecule has 0 saturated carbocycles. The number of hydrogen-bond acceptors (Lipinski definition) is 5. The van der Waals surface area contributed by atoms with E-state index in [9.17, 15) is 26.4 Å². The highest BCUT2D eigenvalue weighted by Crippen LogP contribution is 2.18. The summed E-state index contributed by atoms with van der Waals surface area (Å²) in [4.78, 5) is 15.7. The molecule has 2 N–H and O–H groups in total. The van der Waals surface area contributed by atoms with Gasteiger partial charge in [0, 0.05) is 18.7 Å². The van der Waals surface area contributed by atoms with Gasteiger partial charge in [0.05, 0.1) is 16.8 Å². The fraction of sp³-hybridized carbons (Fsp3) is 0.222. The van der Waals surface area contributed by atoms with Crippen molar-refractivity contribution in [3.63, 3.8) is 0 Å². The van der Waals surface area contributed by atoms with Crippen molar-refractivity contribution in [3.05, 3.63) is 54.2 Å². The van der Waals surface area contributed by atoms with E-state index in [-0.39, 0.29) is 23.0 Å². The molecular weight excluding hydrogens is 411 g/mol. The van der Waals surface area contributed by atoms with Crippen LogP contribution in [-0.4, -0.2) is 38.6 Å². The zero-order valence-electron chi connectivity index (χ0n) is 15.2. The predicted molar refractivity (Wildman–Crippen MR) is 101 cm³/mol. The number of nitrogens with zero attached hydrogens (tertiary/aromatic N) is 1. The highest BCUT2D eigenvalue weighted by molar-refractivity contribution is 7.89. The number of aromatic nitrogens is 1. The number of rotatable bonds is 8. The van der Waals surface area contributed by atoms with Crippen molar-refractivity contribution in [2.24, 2.45) is 0 Å². The summed E-state index contributed by atoms with van der Waals surface area (Å²) >= 11 is 0. The third-order valence-electron chi connectivity index (χ3n) is 3.34. The largest absolute Gasteiger partial charge is 0.468 e. The molecule has 1 aromatic heterocycles. The van der Waals surface area contributed by atoms with Crippen LogP contribution in [0.4, 0.5) is 18.9 Å². The number of carbonyl (C=O) groups excluding carboxylic acids is 1. The molecule has 1 amide bonds. The summed E-state index contributed by atoms with van der Waals surface area (Å²) < 4.78 is 66.8. The minimum atomic E-state index is -4.46. The van der Waals surface area contributed by atoms with Gasteiger partial charge in [0.1, 0.15) is 0 Å². The van der Waals surface area contributed by atoms with E-state index in [1.165, 1.54) is 36.4 Å². The van der Waals surface area contributed by atoms with Gasteiger partial charge in [-0.2, -0.15) is 13.2 Å². The lowest BCUT2D eigenvalue weighted by Crippen LogP contribution is -2.22. The van der Waals surface area contributed by atoms with Gasteiger partial charge in [0.2, 0.25) is 21.8 Å². The topological polar surface area (TPSA) is 97.4 Å². The van der Waals surface area contributed by atoms with Crippen LogP contribution in [0.15, 0.2) is 53.6 Å². The van der Waals surface area contributed by atoms with Gasteiger partial charge in [0.15, 0.2) is 6.61 Å². The Morgan fingerprint density at radius 2 is 1.86 bits per heavy atom. The van der Waals surface area contributed by atoms with Gasteiger partial charge in [-0.25, -0.2) is 18.1 Å². The first-order valence-electron chi connectivity index (χ1n) is 8.33. The van der Waals surface area contributed by atoms with Crippen LogP contribution in [0.25, 0.3) is 6.08 Å². The maximum Gasteiger partial charge on any atom is 0.422 e. The number of ether oxygens (including phenoxy) is 1. The number of hydrogen-bond donors (Lipinski definition) is 2. The fourth-order valence-corrected chi connectivity index (χ4v) is 3.12. The van der Waals surface area contributed by atoms with E-state index in [1.54, 1.807) is 19.1 Å². The number of nitrogens with one attached hydrogen (secondary N) is 2. The van der Waals surface area contributed by atoms with Crippen molar-refractivity contribution in [2.75, 3.05) is 18.5 Å². The van der Waals surface area contributed by atoms with Gasteiger partial charge < -0.3 is 10.1 Å². The molecule has 0 fully saturated rings.